The highest BCUT2D eigenvalue weighted by Gasteiger charge is 2.34. The van der Waals surface area contributed by atoms with Crippen molar-refractivity contribution in [2.45, 2.75) is 45.6 Å². The van der Waals surface area contributed by atoms with Crippen molar-refractivity contribution in [3.8, 4) is 0 Å². The summed E-state index contributed by atoms with van der Waals surface area (Å²) in [5.41, 5.74) is 1.73. The Morgan fingerprint density at radius 3 is 2.80 bits per heavy atom. The molecule has 1 aliphatic heterocycles. The molecule has 25 heavy (non-hydrogen) atoms. The molecule has 0 aromatic carbocycles. The van der Waals surface area contributed by atoms with Crippen molar-refractivity contribution < 1.29 is 19.1 Å². The van der Waals surface area contributed by atoms with Crippen LogP contribution in [0.5, 0.6) is 0 Å². The largest absolute Gasteiger partial charge is 0.481 e. The summed E-state index contributed by atoms with van der Waals surface area (Å²) in [5.74, 6) is -0.0539. The number of hydrogen-bond donors (Lipinski definition) is 1. The molecule has 0 spiro atoms. The van der Waals surface area contributed by atoms with Crippen LogP contribution in [0.1, 0.15) is 58.9 Å². The maximum atomic E-state index is 12.7. The highest BCUT2D eigenvalue weighted by molar-refractivity contribution is 5.92. The highest BCUT2D eigenvalue weighted by atomic mass is 16.4. The van der Waals surface area contributed by atoms with E-state index in [1.165, 1.54) is 6.26 Å². The Morgan fingerprint density at radius 1 is 1.32 bits per heavy atom. The zero-order valence-corrected chi connectivity index (χ0v) is 14.2. The topological polar surface area (TPSA) is 109 Å². The summed E-state index contributed by atoms with van der Waals surface area (Å²) >= 11 is 0. The molecule has 3 heterocycles. The van der Waals surface area contributed by atoms with Gasteiger partial charge in [-0.2, -0.15) is 0 Å². The van der Waals surface area contributed by atoms with E-state index in [2.05, 4.69) is 15.0 Å². The van der Waals surface area contributed by atoms with Gasteiger partial charge >= 0.3 is 5.97 Å². The SMILES string of the molecule is Cc1cc(CCC(=O)O)nc([C@H]2CCCN2C(=O)c2coc(C)n2)n1. The molecular formula is C17H20N4O4. The average Bonchev–Trinajstić information content (AvgIpc) is 3.20. The number of carboxylic acids is 1. The number of likely N-dealkylation sites (tertiary alicyclic amines) is 1. The van der Waals surface area contributed by atoms with E-state index in [1.807, 2.05) is 6.92 Å². The van der Waals surface area contributed by atoms with Crippen LogP contribution in [-0.2, 0) is 11.2 Å². The maximum absolute atomic E-state index is 12.7. The zero-order chi connectivity index (χ0) is 18.0. The second-order valence-corrected chi connectivity index (χ2v) is 6.16. The lowest BCUT2D eigenvalue weighted by atomic mass is 10.1. The molecule has 0 unspecified atom stereocenters. The van der Waals surface area contributed by atoms with Gasteiger partial charge in [-0.3, -0.25) is 9.59 Å². The second kappa shape index (κ2) is 7.00. The number of carbonyl (C=O) groups is 2. The van der Waals surface area contributed by atoms with Gasteiger partial charge in [0.2, 0.25) is 0 Å². The van der Waals surface area contributed by atoms with E-state index in [0.717, 1.165) is 18.5 Å². The highest BCUT2D eigenvalue weighted by Crippen LogP contribution is 2.31. The molecule has 8 heteroatoms. The van der Waals surface area contributed by atoms with E-state index >= 15 is 0 Å². The van der Waals surface area contributed by atoms with Crippen molar-refractivity contribution in [3.05, 3.63) is 41.1 Å². The van der Waals surface area contributed by atoms with Gasteiger partial charge in [0.15, 0.2) is 17.4 Å². The van der Waals surface area contributed by atoms with Crippen molar-refractivity contribution >= 4 is 11.9 Å². The van der Waals surface area contributed by atoms with E-state index < -0.39 is 5.97 Å². The molecule has 1 saturated heterocycles. The van der Waals surface area contributed by atoms with Crippen molar-refractivity contribution in [1.29, 1.82) is 0 Å². The van der Waals surface area contributed by atoms with E-state index in [9.17, 15) is 9.59 Å². The zero-order valence-electron chi connectivity index (χ0n) is 14.2. The fraction of sp³-hybridized carbons (Fsp3) is 0.471. The predicted octanol–water partition coefficient (Wildman–Crippen LogP) is 2.08. The standard InChI is InChI=1S/C17H20N4O4/c1-10-8-12(5-6-15(22)23)20-16(18-10)14-4-3-7-21(14)17(24)13-9-25-11(2)19-13/h8-9,14H,3-7H2,1-2H3,(H,22,23)/t14-/m1/s1. The monoisotopic (exact) mass is 344 g/mol. The summed E-state index contributed by atoms with van der Waals surface area (Å²) in [6, 6.07) is 1.56. The molecule has 0 radical (unpaired) electrons. The third-order valence-electron chi connectivity index (χ3n) is 4.17. The Morgan fingerprint density at radius 2 is 2.12 bits per heavy atom. The summed E-state index contributed by atoms with van der Waals surface area (Å²) in [7, 11) is 0. The first kappa shape index (κ1) is 17.1. The van der Waals surface area contributed by atoms with E-state index in [-0.39, 0.29) is 24.1 Å². The number of amides is 1. The number of rotatable bonds is 5. The smallest absolute Gasteiger partial charge is 0.303 e. The predicted molar refractivity (Wildman–Crippen MR) is 87.0 cm³/mol. The minimum Gasteiger partial charge on any atom is -0.481 e. The van der Waals surface area contributed by atoms with E-state index in [1.54, 1.807) is 17.9 Å². The van der Waals surface area contributed by atoms with Crippen LogP contribution in [0.2, 0.25) is 0 Å². The van der Waals surface area contributed by atoms with Crippen molar-refractivity contribution in [2.75, 3.05) is 6.54 Å². The van der Waals surface area contributed by atoms with Crippen LogP contribution in [-0.4, -0.2) is 43.4 Å². The number of aliphatic carboxylic acids is 1. The number of aryl methyl sites for hydroxylation is 3. The van der Waals surface area contributed by atoms with Gasteiger partial charge in [-0.15, -0.1) is 0 Å². The second-order valence-electron chi connectivity index (χ2n) is 6.16. The number of hydrogen-bond acceptors (Lipinski definition) is 6. The van der Waals surface area contributed by atoms with Crippen LogP contribution in [0.4, 0.5) is 0 Å². The molecule has 2 aromatic heterocycles. The maximum Gasteiger partial charge on any atom is 0.303 e. The summed E-state index contributed by atoms with van der Waals surface area (Å²) in [4.78, 5) is 38.3. The molecule has 2 aromatic rings. The number of nitrogens with zero attached hydrogens (tertiary/aromatic N) is 4. The Kier molecular flexibility index (Phi) is 4.78. The summed E-state index contributed by atoms with van der Waals surface area (Å²) in [6.07, 6.45) is 3.35. The van der Waals surface area contributed by atoms with Gasteiger partial charge in [0.1, 0.15) is 6.26 Å². The number of aromatic nitrogens is 3. The molecule has 0 saturated carbocycles. The van der Waals surface area contributed by atoms with Gasteiger partial charge in [-0.1, -0.05) is 0 Å². The Labute approximate surface area is 144 Å². The molecule has 1 N–H and O–H groups in total. The van der Waals surface area contributed by atoms with Crippen LogP contribution in [0.15, 0.2) is 16.7 Å². The first-order valence-electron chi connectivity index (χ1n) is 8.23. The Balaban J connectivity index is 1.84. The van der Waals surface area contributed by atoms with Gasteiger partial charge in [0, 0.05) is 31.3 Å². The molecule has 1 fully saturated rings. The van der Waals surface area contributed by atoms with Crippen LogP contribution in [0.25, 0.3) is 0 Å². The lowest BCUT2D eigenvalue weighted by Crippen LogP contribution is -2.32. The van der Waals surface area contributed by atoms with Gasteiger partial charge in [-0.25, -0.2) is 15.0 Å². The fourth-order valence-electron chi connectivity index (χ4n) is 3.06. The van der Waals surface area contributed by atoms with Crippen molar-refractivity contribution in [2.24, 2.45) is 0 Å². The van der Waals surface area contributed by atoms with Crippen LogP contribution in [0.3, 0.4) is 0 Å². The molecule has 3 rings (SSSR count). The average molecular weight is 344 g/mol. The Bertz CT molecular complexity index is 802. The molecule has 1 atom stereocenters. The number of carboxylic acid groups (broad SMARTS) is 1. The third kappa shape index (κ3) is 3.84. The minimum absolute atomic E-state index is 0.0153. The first-order chi connectivity index (χ1) is 11.9. The van der Waals surface area contributed by atoms with Gasteiger partial charge in [-0.05, 0) is 25.8 Å². The number of oxazole rings is 1. The molecule has 132 valence electrons. The molecule has 0 aliphatic carbocycles. The van der Waals surface area contributed by atoms with Crippen LogP contribution in [0, 0.1) is 13.8 Å². The summed E-state index contributed by atoms with van der Waals surface area (Å²) in [6.45, 7) is 4.14. The minimum atomic E-state index is -0.864. The van der Waals surface area contributed by atoms with Crippen molar-refractivity contribution in [1.82, 2.24) is 19.9 Å². The lowest BCUT2D eigenvalue weighted by Gasteiger charge is -2.23. The van der Waals surface area contributed by atoms with Gasteiger partial charge in [0.05, 0.1) is 12.5 Å². The quantitative estimate of drug-likeness (QED) is 0.884. The Hall–Kier alpha value is -2.77. The van der Waals surface area contributed by atoms with Gasteiger partial charge in [0.25, 0.3) is 5.91 Å². The van der Waals surface area contributed by atoms with Crippen LogP contribution < -0.4 is 0 Å². The lowest BCUT2D eigenvalue weighted by molar-refractivity contribution is -0.136. The van der Waals surface area contributed by atoms with E-state index in [4.69, 9.17) is 9.52 Å². The number of carbonyl (C=O) groups excluding carboxylic acids is 1. The molecule has 8 nitrogen and oxygen atoms in total. The summed E-state index contributed by atoms with van der Waals surface area (Å²) in [5, 5.41) is 8.86. The summed E-state index contributed by atoms with van der Waals surface area (Å²) < 4.78 is 5.13. The van der Waals surface area contributed by atoms with Crippen molar-refractivity contribution in [3.63, 3.8) is 0 Å². The molecule has 1 aliphatic rings. The molecular weight excluding hydrogens is 324 g/mol. The van der Waals surface area contributed by atoms with E-state index in [0.29, 0.717) is 30.4 Å². The first-order valence-corrected chi connectivity index (χ1v) is 8.23. The normalized spacial score (nSPS) is 17.0. The van der Waals surface area contributed by atoms with Gasteiger partial charge < -0.3 is 14.4 Å². The molecule has 1 amide bonds. The third-order valence-corrected chi connectivity index (χ3v) is 4.17. The fourth-order valence-corrected chi connectivity index (χ4v) is 3.06. The van der Waals surface area contributed by atoms with Crippen LogP contribution >= 0.6 is 0 Å². The molecule has 0 bridgehead atoms.